The summed E-state index contributed by atoms with van der Waals surface area (Å²) in [6, 6.07) is 18.9. The largest absolute Gasteiger partial charge is 0.496 e. The second-order valence-electron chi connectivity index (χ2n) is 10.1. The van der Waals surface area contributed by atoms with Crippen LogP contribution in [0, 0.1) is 0 Å². The molecule has 1 unspecified atom stereocenters. The Labute approximate surface area is 212 Å². The van der Waals surface area contributed by atoms with E-state index >= 15 is 0 Å². The van der Waals surface area contributed by atoms with Gasteiger partial charge in [-0.25, -0.2) is 4.68 Å². The average molecular weight is 486 g/mol. The molecule has 0 N–H and O–H groups in total. The van der Waals surface area contributed by atoms with Crippen molar-refractivity contribution in [2.45, 2.75) is 45.3 Å². The predicted molar refractivity (Wildman–Crippen MR) is 141 cm³/mol. The monoisotopic (exact) mass is 485 g/mol. The van der Waals surface area contributed by atoms with E-state index in [1.54, 1.807) is 7.11 Å². The van der Waals surface area contributed by atoms with Crippen LogP contribution in [0.4, 0.5) is 0 Å². The van der Waals surface area contributed by atoms with E-state index in [9.17, 15) is 0 Å². The van der Waals surface area contributed by atoms with Crippen molar-refractivity contribution in [2.75, 3.05) is 33.3 Å². The Kier molecular flexibility index (Phi) is 6.98. The van der Waals surface area contributed by atoms with Crippen molar-refractivity contribution in [1.29, 1.82) is 0 Å². The molecule has 5 rings (SSSR count). The normalized spacial score (nSPS) is 16.3. The molecule has 1 fully saturated rings. The number of rotatable bonds is 8. The van der Waals surface area contributed by atoms with Gasteiger partial charge in [0, 0.05) is 49.9 Å². The van der Waals surface area contributed by atoms with E-state index in [0.29, 0.717) is 0 Å². The van der Waals surface area contributed by atoms with E-state index in [1.165, 1.54) is 11.1 Å². The summed E-state index contributed by atoms with van der Waals surface area (Å²) in [5, 5.41) is 14.3. The highest BCUT2D eigenvalue weighted by atomic mass is 16.5. The number of pyridine rings is 1. The Morgan fingerprint density at radius 1 is 1.00 bits per heavy atom. The zero-order chi connectivity index (χ0) is 25.1. The number of hydrogen-bond acceptors (Lipinski definition) is 7. The maximum absolute atomic E-state index is 5.58. The molecule has 188 valence electrons. The second-order valence-corrected chi connectivity index (χ2v) is 10.1. The molecule has 1 saturated heterocycles. The molecule has 0 bridgehead atoms. The Hall–Kier alpha value is -3.36. The van der Waals surface area contributed by atoms with E-state index in [0.717, 1.165) is 61.6 Å². The van der Waals surface area contributed by atoms with Gasteiger partial charge in [-0.3, -0.25) is 14.8 Å². The first kappa shape index (κ1) is 24.3. The zero-order valence-electron chi connectivity index (χ0n) is 21.6. The highest BCUT2D eigenvalue weighted by molar-refractivity contribution is 5.79. The molecule has 4 aromatic rings. The highest BCUT2D eigenvalue weighted by Crippen LogP contribution is 2.33. The van der Waals surface area contributed by atoms with Crippen LogP contribution < -0.4 is 4.74 Å². The molecule has 0 amide bonds. The topological polar surface area (TPSA) is 72.2 Å². The number of hydrogen-bond donors (Lipinski definition) is 0. The number of fused-ring (bicyclic) bond motifs is 1. The Balaban J connectivity index is 1.44. The molecule has 2 aromatic heterocycles. The molecule has 1 aliphatic rings. The van der Waals surface area contributed by atoms with Crippen LogP contribution in [0.3, 0.4) is 0 Å². The highest BCUT2D eigenvalue weighted by Gasteiger charge is 2.34. The van der Waals surface area contributed by atoms with Gasteiger partial charge in [-0.1, -0.05) is 37.3 Å². The van der Waals surface area contributed by atoms with Gasteiger partial charge in [0.1, 0.15) is 5.75 Å². The molecule has 0 aliphatic carbocycles. The number of methoxy groups -OCH3 is 1. The van der Waals surface area contributed by atoms with Gasteiger partial charge in [0.2, 0.25) is 0 Å². The van der Waals surface area contributed by atoms with Crippen molar-refractivity contribution in [3.63, 3.8) is 0 Å². The average Bonchev–Trinajstić information content (AvgIpc) is 3.40. The lowest BCUT2D eigenvalue weighted by atomic mass is 9.98. The first-order valence-corrected chi connectivity index (χ1v) is 12.7. The van der Waals surface area contributed by atoms with Crippen molar-refractivity contribution < 1.29 is 4.74 Å². The quantitative estimate of drug-likeness (QED) is 0.369. The van der Waals surface area contributed by atoms with Crippen LogP contribution in [0.15, 0.2) is 60.8 Å². The van der Waals surface area contributed by atoms with Crippen LogP contribution in [0.5, 0.6) is 5.75 Å². The van der Waals surface area contributed by atoms with Crippen LogP contribution >= 0.6 is 0 Å². The number of piperazine rings is 1. The molecular formula is C28H35N7O. The Bertz CT molecular complexity index is 1310. The summed E-state index contributed by atoms with van der Waals surface area (Å²) in [7, 11) is 1.74. The summed E-state index contributed by atoms with van der Waals surface area (Å²) in [6.45, 7) is 11.2. The summed E-state index contributed by atoms with van der Waals surface area (Å²) in [6.07, 6.45) is 2.77. The number of para-hydroxylation sites is 1. The molecule has 1 aliphatic heterocycles. The molecule has 8 nitrogen and oxygen atoms in total. The Morgan fingerprint density at radius 2 is 1.81 bits per heavy atom. The van der Waals surface area contributed by atoms with Gasteiger partial charge in [-0.15, -0.1) is 5.10 Å². The lowest BCUT2D eigenvalue weighted by Crippen LogP contribution is -2.48. The first-order valence-electron chi connectivity index (χ1n) is 12.7. The minimum atomic E-state index is -0.179. The van der Waals surface area contributed by atoms with Gasteiger partial charge in [0.05, 0.1) is 24.2 Å². The number of aromatic nitrogens is 5. The lowest BCUT2D eigenvalue weighted by molar-refractivity contribution is 0.0968. The molecule has 0 radical (unpaired) electrons. The van der Waals surface area contributed by atoms with Crippen LogP contribution in [0.2, 0.25) is 0 Å². The van der Waals surface area contributed by atoms with Crippen molar-refractivity contribution in [2.24, 2.45) is 0 Å². The van der Waals surface area contributed by atoms with Crippen LogP contribution in [0.1, 0.15) is 50.2 Å². The minimum absolute atomic E-state index is 0.0381. The number of ether oxygens (including phenoxy) is 1. The molecule has 3 heterocycles. The third kappa shape index (κ3) is 4.83. The number of tetrazole rings is 1. The van der Waals surface area contributed by atoms with Gasteiger partial charge in [-0.05, 0) is 60.5 Å². The molecule has 2 aromatic carbocycles. The minimum Gasteiger partial charge on any atom is -0.496 e. The summed E-state index contributed by atoms with van der Waals surface area (Å²) in [5.74, 6) is 1.84. The van der Waals surface area contributed by atoms with Gasteiger partial charge in [-0.2, -0.15) is 0 Å². The third-order valence-electron chi connectivity index (χ3n) is 7.48. The third-order valence-corrected chi connectivity index (χ3v) is 7.48. The van der Waals surface area contributed by atoms with Crippen molar-refractivity contribution in [3.8, 4) is 5.75 Å². The van der Waals surface area contributed by atoms with Gasteiger partial charge < -0.3 is 4.74 Å². The SMILES string of the molecule is CCC(C)(C)n1nnnc1C(c1ccc2ncccc2c1)N1CCN(Cc2ccccc2OC)CC1. The summed E-state index contributed by atoms with van der Waals surface area (Å²) in [4.78, 5) is 9.53. The van der Waals surface area contributed by atoms with Gasteiger partial charge in [0.25, 0.3) is 0 Å². The summed E-state index contributed by atoms with van der Waals surface area (Å²) in [5.41, 5.74) is 3.23. The molecule has 1 atom stereocenters. The van der Waals surface area contributed by atoms with E-state index < -0.39 is 0 Å². The maximum Gasteiger partial charge on any atom is 0.173 e. The van der Waals surface area contributed by atoms with Crippen LogP contribution in [-0.4, -0.2) is 68.3 Å². The first-order chi connectivity index (χ1) is 17.5. The summed E-state index contributed by atoms with van der Waals surface area (Å²) >= 11 is 0. The van der Waals surface area contributed by atoms with Crippen molar-refractivity contribution in [3.05, 3.63) is 77.7 Å². The molecular weight excluding hydrogens is 450 g/mol. The van der Waals surface area contributed by atoms with Gasteiger partial charge in [0.15, 0.2) is 5.82 Å². The number of nitrogens with zero attached hydrogens (tertiary/aromatic N) is 7. The fourth-order valence-corrected chi connectivity index (χ4v) is 4.99. The van der Waals surface area contributed by atoms with E-state index in [2.05, 4.69) is 87.5 Å². The lowest BCUT2D eigenvalue weighted by Gasteiger charge is -2.40. The number of benzene rings is 2. The van der Waals surface area contributed by atoms with E-state index in [1.807, 2.05) is 29.1 Å². The Morgan fingerprint density at radius 3 is 2.58 bits per heavy atom. The van der Waals surface area contributed by atoms with Crippen molar-refractivity contribution >= 4 is 10.9 Å². The predicted octanol–water partition coefficient (Wildman–Crippen LogP) is 4.28. The molecule has 36 heavy (non-hydrogen) atoms. The molecule has 8 heteroatoms. The van der Waals surface area contributed by atoms with Crippen LogP contribution in [0.25, 0.3) is 10.9 Å². The second kappa shape index (κ2) is 10.3. The van der Waals surface area contributed by atoms with Crippen molar-refractivity contribution in [1.82, 2.24) is 35.0 Å². The maximum atomic E-state index is 5.58. The van der Waals surface area contributed by atoms with E-state index in [4.69, 9.17) is 4.74 Å². The smallest absolute Gasteiger partial charge is 0.173 e. The summed E-state index contributed by atoms with van der Waals surface area (Å²) < 4.78 is 7.60. The van der Waals surface area contributed by atoms with Crippen LogP contribution in [-0.2, 0) is 12.1 Å². The van der Waals surface area contributed by atoms with E-state index in [-0.39, 0.29) is 11.6 Å². The fraction of sp³-hybridized carbons (Fsp3) is 0.429. The molecule has 0 spiro atoms. The molecule has 0 saturated carbocycles. The standard InChI is InChI=1S/C28H35N7O/c1-5-28(2,3)35-27(30-31-32-35)26(22-12-13-24-21(19-22)10-8-14-29-24)34-17-15-33(16-18-34)20-23-9-6-7-11-25(23)36-4/h6-14,19,26H,5,15-18,20H2,1-4H3. The van der Waals surface area contributed by atoms with Gasteiger partial charge >= 0.3 is 0 Å². The zero-order valence-corrected chi connectivity index (χ0v) is 21.6. The fourth-order valence-electron chi connectivity index (χ4n) is 4.99.